The van der Waals surface area contributed by atoms with Crippen LogP contribution in [0.25, 0.3) is 0 Å². The second-order valence-electron chi connectivity index (χ2n) is 3.57. The van der Waals surface area contributed by atoms with Gasteiger partial charge in [0.25, 0.3) is 0 Å². The van der Waals surface area contributed by atoms with Gasteiger partial charge in [-0.05, 0) is 24.1 Å². The first-order chi connectivity index (χ1) is 7.58. The van der Waals surface area contributed by atoms with Gasteiger partial charge in [0.15, 0.2) is 0 Å². The lowest BCUT2D eigenvalue weighted by Gasteiger charge is -2.14. The van der Waals surface area contributed by atoms with E-state index in [0.29, 0.717) is 11.3 Å². The summed E-state index contributed by atoms with van der Waals surface area (Å²) in [5, 5.41) is 0. The molecule has 1 atom stereocenters. The summed E-state index contributed by atoms with van der Waals surface area (Å²) in [4.78, 5) is 11.1. The minimum atomic E-state index is -0.340. The van der Waals surface area contributed by atoms with Crippen molar-refractivity contribution in [2.45, 2.75) is 19.3 Å². The highest BCUT2D eigenvalue weighted by atomic mass is 19.1. The molecular formula is C12H15FO3. The Labute approximate surface area is 94.2 Å². The highest BCUT2D eigenvalue weighted by Gasteiger charge is 2.16. The molecule has 1 rings (SSSR count). The monoisotopic (exact) mass is 226 g/mol. The molecule has 0 bridgehead atoms. The predicted molar refractivity (Wildman–Crippen MR) is 58.0 cm³/mol. The van der Waals surface area contributed by atoms with E-state index in [2.05, 4.69) is 4.74 Å². The Kier molecular flexibility index (Phi) is 4.28. The molecule has 88 valence electrons. The number of methoxy groups -OCH3 is 2. The molecule has 1 aromatic rings. The van der Waals surface area contributed by atoms with E-state index in [-0.39, 0.29) is 24.1 Å². The Bertz CT molecular complexity index is 377. The second-order valence-corrected chi connectivity index (χ2v) is 3.57. The van der Waals surface area contributed by atoms with Crippen LogP contribution in [-0.4, -0.2) is 20.2 Å². The zero-order chi connectivity index (χ0) is 12.1. The zero-order valence-electron chi connectivity index (χ0n) is 9.62. The molecule has 0 aromatic heterocycles. The fourth-order valence-corrected chi connectivity index (χ4v) is 1.53. The van der Waals surface area contributed by atoms with Gasteiger partial charge in [0, 0.05) is 5.56 Å². The van der Waals surface area contributed by atoms with E-state index in [1.165, 1.54) is 26.4 Å². The molecule has 0 aliphatic carbocycles. The Balaban J connectivity index is 2.92. The molecule has 0 fully saturated rings. The number of hydrogen-bond acceptors (Lipinski definition) is 3. The summed E-state index contributed by atoms with van der Waals surface area (Å²) in [6, 6.07) is 4.26. The van der Waals surface area contributed by atoms with Crippen LogP contribution in [0.15, 0.2) is 18.2 Å². The number of ether oxygens (including phenoxy) is 2. The number of halogens is 1. The number of carbonyl (C=O) groups is 1. The maximum Gasteiger partial charge on any atom is 0.306 e. The summed E-state index contributed by atoms with van der Waals surface area (Å²) in [5.41, 5.74) is 0.674. The number of hydrogen-bond donors (Lipinski definition) is 0. The molecule has 1 unspecified atom stereocenters. The van der Waals surface area contributed by atoms with Crippen LogP contribution in [0.4, 0.5) is 4.39 Å². The van der Waals surface area contributed by atoms with Gasteiger partial charge in [0.05, 0.1) is 20.6 Å². The minimum Gasteiger partial charge on any atom is -0.496 e. The SMILES string of the molecule is COC(=O)CC(C)c1cc(F)ccc1OC. The highest BCUT2D eigenvalue weighted by Crippen LogP contribution is 2.29. The van der Waals surface area contributed by atoms with Gasteiger partial charge in [0.1, 0.15) is 11.6 Å². The molecule has 0 N–H and O–H groups in total. The normalized spacial score (nSPS) is 12.0. The third-order valence-corrected chi connectivity index (χ3v) is 2.42. The minimum absolute atomic E-state index is 0.141. The molecule has 3 nitrogen and oxygen atoms in total. The van der Waals surface area contributed by atoms with E-state index >= 15 is 0 Å². The summed E-state index contributed by atoms with van der Waals surface area (Å²) in [6.07, 6.45) is 0.205. The molecule has 0 aliphatic heterocycles. The smallest absolute Gasteiger partial charge is 0.306 e. The maximum absolute atomic E-state index is 13.1. The first-order valence-electron chi connectivity index (χ1n) is 4.98. The lowest BCUT2D eigenvalue weighted by atomic mass is 9.97. The quantitative estimate of drug-likeness (QED) is 0.740. The number of benzene rings is 1. The Hall–Kier alpha value is -1.58. The van der Waals surface area contributed by atoms with E-state index in [1.54, 1.807) is 6.07 Å². The van der Waals surface area contributed by atoms with Crippen LogP contribution in [0.2, 0.25) is 0 Å². The second kappa shape index (κ2) is 5.49. The topological polar surface area (TPSA) is 35.5 Å². The predicted octanol–water partition coefficient (Wildman–Crippen LogP) is 2.50. The van der Waals surface area contributed by atoms with Gasteiger partial charge < -0.3 is 9.47 Å². The van der Waals surface area contributed by atoms with Crippen LogP contribution in [0.5, 0.6) is 5.75 Å². The van der Waals surface area contributed by atoms with Gasteiger partial charge in [-0.1, -0.05) is 6.92 Å². The lowest BCUT2D eigenvalue weighted by Crippen LogP contribution is -2.07. The van der Waals surface area contributed by atoms with Gasteiger partial charge in [-0.2, -0.15) is 0 Å². The summed E-state index contributed by atoms with van der Waals surface area (Å²) >= 11 is 0. The summed E-state index contributed by atoms with van der Waals surface area (Å²) in [5.74, 6) is -0.220. The Morgan fingerprint density at radius 1 is 1.44 bits per heavy atom. The van der Waals surface area contributed by atoms with Gasteiger partial charge in [0.2, 0.25) is 0 Å². The number of carbonyl (C=O) groups excluding carboxylic acids is 1. The van der Waals surface area contributed by atoms with Crippen molar-refractivity contribution < 1.29 is 18.7 Å². The van der Waals surface area contributed by atoms with Crippen molar-refractivity contribution in [1.82, 2.24) is 0 Å². The average Bonchev–Trinajstić information content (AvgIpc) is 2.28. The van der Waals surface area contributed by atoms with Crippen molar-refractivity contribution in [2.75, 3.05) is 14.2 Å². The van der Waals surface area contributed by atoms with Gasteiger partial charge in [-0.15, -0.1) is 0 Å². The molecule has 0 saturated carbocycles. The lowest BCUT2D eigenvalue weighted by molar-refractivity contribution is -0.140. The number of esters is 1. The number of rotatable bonds is 4. The van der Waals surface area contributed by atoms with Gasteiger partial charge in [-0.25, -0.2) is 4.39 Å². The summed E-state index contributed by atoms with van der Waals surface area (Å²) in [6.45, 7) is 1.83. The third kappa shape index (κ3) is 2.95. The Morgan fingerprint density at radius 2 is 2.12 bits per heavy atom. The van der Waals surface area contributed by atoms with E-state index in [0.717, 1.165) is 0 Å². The van der Waals surface area contributed by atoms with E-state index in [9.17, 15) is 9.18 Å². The molecule has 0 radical (unpaired) electrons. The summed E-state index contributed by atoms with van der Waals surface area (Å²) < 4.78 is 22.8. The molecule has 0 amide bonds. The first-order valence-corrected chi connectivity index (χ1v) is 4.98. The molecule has 1 aromatic carbocycles. The molecule has 0 spiro atoms. The largest absolute Gasteiger partial charge is 0.496 e. The molecular weight excluding hydrogens is 211 g/mol. The average molecular weight is 226 g/mol. The van der Waals surface area contributed by atoms with Crippen LogP contribution in [0.3, 0.4) is 0 Å². The van der Waals surface area contributed by atoms with Crippen LogP contribution in [0, 0.1) is 5.82 Å². The van der Waals surface area contributed by atoms with E-state index in [4.69, 9.17) is 4.74 Å². The van der Waals surface area contributed by atoms with Crippen molar-refractivity contribution in [1.29, 1.82) is 0 Å². The first kappa shape index (κ1) is 12.5. The van der Waals surface area contributed by atoms with Crippen molar-refractivity contribution in [3.8, 4) is 5.75 Å². The maximum atomic E-state index is 13.1. The fourth-order valence-electron chi connectivity index (χ4n) is 1.53. The van der Waals surface area contributed by atoms with E-state index < -0.39 is 0 Å². The fraction of sp³-hybridized carbons (Fsp3) is 0.417. The Morgan fingerprint density at radius 3 is 2.69 bits per heavy atom. The van der Waals surface area contributed by atoms with Gasteiger partial charge in [-0.3, -0.25) is 4.79 Å². The van der Waals surface area contributed by atoms with Crippen molar-refractivity contribution in [2.24, 2.45) is 0 Å². The molecule has 0 aliphatic rings. The van der Waals surface area contributed by atoms with Crippen molar-refractivity contribution in [3.63, 3.8) is 0 Å². The highest BCUT2D eigenvalue weighted by molar-refractivity contribution is 5.70. The third-order valence-electron chi connectivity index (χ3n) is 2.42. The van der Waals surface area contributed by atoms with Crippen molar-refractivity contribution >= 4 is 5.97 Å². The van der Waals surface area contributed by atoms with Crippen LogP contribution < -0.4 is 4.74 Å². The molecule has 4 heteroatoms. The van der Waals surface area contributed by atoms with Gasteiger partial charge >= 0.3 is 5.97 Å². The molecule has 16 heavy (non-hydrogen) atoms. The van der Waals surface area contributed by atoms with E-state index in [1.807, 2.05) is 6.92 Å². The standard InChI is InChI=1S/C12H15FO3/c1-8(6-12(14)16-3)10-7-9(13)4-5-11(10)15-2/h4-5,7-8H,6H2,1-3H3. The summed E-state index contributed by atoms with van der Waals surface area (Å²) in [7, 11) is 2.85. The van der Waals surface area contributed by atoms with Crippen LogP contribution in [-0.2, 0) is 9.53 Å². The van der Waals surface area contributed by atoms with Crippen molar-refractivity contribution in [3.05, 3.63) is 29.6 Å². The zero-order valence-corrected chi connectivity index (χ0v) is 9.62. The van der Waals surface area contributed by atoms with Crippen LogP contribution in [0.1, 0.15) is 24.8 Å². The molecule has 0 saturated heterocycles. The van der Waals surface area contributed by atoms with Crippen LogP contribution >= 0.6 is 0 Å². The molecule has 0 heterocycles.